The van der Waals surface area contributed by atoms with Crippen molar-refractivity contribution in [1.82, 2.24) is 0 Å². The Bertz CT molecular complexity index is 964. The molecule has 2 rings (SSSR count). The maximum absolute atomic E-state index is 12.0. The van der Waals surface area contributed by atoms with Crippen LogP contribution in [0.15, 0.2) is 54.6 Å². The first-order valence-corrected chi connectivity index (χ1v) is 14.4. The van der Waals surface area contributed by atoms with Crippen molar-refractivity contribution in [2.75, 3.05) is 19.8 Å². The Hall–Kier alpha value is -3.08. The molecule has 0 spiro atoms. The van der Waals surface area contributed by atoms with Gasteiger partial charge in [-0.3, -0.25) is 4.79 Å². The molecule has 0 heterocycles. The second-order valence-corrected chi connectivity index (χ2v) is 9.59. The lowest BCUT2D eigenvalue weighted by Gasteiger charge is -2.14. The number of ether oxygens (including phenoxy) is 3. The Morgan fingerprint density at radius 3 is 2.29 bits per heavy atom. The summed E-state index contributed by atoms with van der Waals surface area (Å²) < 4.78 is 16.3. The van der Waals surface area contributed by atoms with Crippen molar-refractivity contribution in [3.63, 3.8) is 0 Å². The lowest BCUT2D eigenvalue weighted by Crippen LogP contribution is -2.06. The van der Waals surface area contributed by atoms with E-state index < -0.39 is 0 Å². The molecule has 0 aliphatic rings. The molecular formula is C33H46O5. The van der Waals surface area contributed by atoms with E-state index in [0.29, 0.717) is 25.2 Å². The van der Waals surface area contributed by atoms with Crippen molar-refractivity contribution in [2.24, 2.45) is 5.92 Å². The van der Waals surface area contributed by atoms with E-state index >= 15 is 0 Å². The fourth-order valence-corrected chi connectivity index (χ4v) is 4.35. The van der Waals surface area contributed by atoms with Crippen LogP contribution in [0, 0.1) is 5.92 Å². The van der Waals surface area contributed by atoms with Gasteiger partial charge >= 0.3 is 11.9 Å². The number of esters is 2. The van der Waals surface area contributed by atoms with E-state index in [9.17, 15) is 9.59 Å². The van der Waals surface area contributed by atoms with E-state index in [4.69, 9.17) is 14.2 Å². The van der Waals surface area contributed by atoms with Gasteiger partial charge in [0, 0.05) is 12.0 Å². The predicted molar refractivity (Wildman–Crippen MR) is 154 cm³/mol. The van der Waals surface area contributed by atoms with Gasteiger partial charge in [-0.1, -0.05) is 81.5 Å². The first-order chi connectivity index (χ1) is 18.6. The molecule has 5 nitrogen and oxygen atoms in total. The Morgan fingerprint density at radius 1 is 0.816 bits per heavy atom. The predicted octanol–water partition coefficient (Wildman–Crippen LogP) is 8.21. The molecule has 0 aliphatic carbocycles. The minimum atomic E-state index is -0.295. The number of carbonyl (C=O) groups excluding carboxylic acids is 2. The first-order valence-electron chi connectivity index (χ1n) is 14.4. The number of hydrogen-bond acceptors (Lipinski definition) is 5. The van der Waals surface area contributed by atoms with E-state index in [1.807, 2.05) is 56.3 Å². The minimum absolute atomic E-state index is 0.130. The number of benzene rings is 2. The highest BCUT2D eigenvalue weighted by Crippen LogP contribution is 2.24. The zero-order valence-corrected chi connectivity index (χ0v) is 23.6. The summed E-state index contributed by atoms with van der Waals surface area (Å²) in [5.74, 6) is 0.776. The number of rotatable bonds is 19. The third-order valence-corrected chi connectivity index (χ3v) is 6.45. The van der Waals surface area contributed by atoms with Crippen LogP contribution >= 0.6 is 0 Å². The molecule has 0 saturated carbocycles. The monoisotopic (exact) mass is 522 g/mol. The van der Waals surface area contributed by atoms with E-state index in [1.54, 1.807) is 0 Å². The summed E-state index contributed by atoms with van der Waals surface area (Å²) >= 11 is 0. The molecule has 1 atom stereocenters. The van der Waals surface area contributed by atoms with E-state index in [0.717, 1.165) is 55.6 Å². The first kappa shape index (κ1) is 31.1. The van der Waals surface area contributed by atoms with Crippen LogP contribution in [0.4, 0.5) is 0 Å². The van der Waals surface area contributed by atoms with Gasteiger partial charge in [0.25, 0.3) is 0 Å². The highest BCUT2D eigenvalue weighted by molar-refractivity contribution is 5.89. The van der Waals surface area contributed by atoms with Crippen molar-refractivity contribution >= 4 is 18.0 Å². The zero-order valence-electron chi connectivity index (χ0n) is 23.6. The summed E-state index contributed by atoms with van der Waals surface area (Å²) in [6.45, 7) is 7.39. The Balaban J connectivity index is 2.04. The fourth-order valence-electron chi connectivity index (χ4n) is 4.35. The largest absolute Gasteiger partial charge is 0.493 e. The van der Waals surface area contributed by atoms with Crippen molar-refractivity contribution in [1.29, 1.82) is 0 Å². The van der Waals surface area contributed by atoms with Gasteiger partial charge < -0.3 is 14.2 Å². The Morgan fingerprint density at radius 2 is 1.55 bits per heavy atom. The number of hydrogen-bond donors (Lipinski definition) is 0. The molecule has 5 heteroatoms. The van der Waals surface area contributed by atoms with Gasteiger partial charge in [0.05, 0.1) is 25.4 Å². The Labute approximate surface area is 229 Å². The van der Waals surface area contributed by atoms with Gasteiger partial charge in [-0.2, -0.15) is 0 Å². The number of unbranched alkanes of at least 4 members (excludes halogenated alkanes) is 5. The molecule has 0 fully saturated rings. The van der Waals surface area contributed by atoms with E-state index in [-0.39, 0.29) is 17.9 Å². The van der Waals surface area contributed by atoms with Gasteiger partial charge in [-0.25, -0.2) is 4.79 Å². The zero-order chi connectivity index (χ0) is 27.4. The van der Waals surface area contributed by atoms with Gasteiger partial charge in [-0.15, -0.1) is 0 Å². The smallest absolute Gasteiger partial charge is 0.338 e. The molecule has 0 saturated heterocycles. The molecule has 0 N–H and O–H groups in total. The molecule has 38 heavy (non-hydrogen) atoms. The molecule has 0 aromatic heterocycles. The maximum atomic E-state index is 12.0. The van der Waals surface area contributed by atoms with E-state index in [1.165, 1.54) is 25.7 Å². The lowest BCUT2D eigenvalue weighted by molar-refractivity contribution is -0.143. The summed E-state index contributed by atoms with van der Waals surface area (Å²) in [5, 5.41) is 0. The minimum Gasteiger partial charge on any atom is -0.493 e. The standard InChI is InChI=1S/C33H46O5/c1-4-7-8-9-14-25-38-31-17-12-11-16-29(31)22-19-27(15-10-13-18-32(34)36-5-2)26-28-20-23-30(24-21-28)33(35)37-6-3/h11-12,16-17,19-24,27H,4-10,13-15,18,25-26H2,1-3H3/b22-19+. The van der Waals surface area contributed by atoms with Gasteiger partial charge in [0.2, 0.25) is 0 Å². The van der Waals surface area contributed by atoms with Crippen LogP contribution in [0.2, 0.25) is 0 Å². The van der Waals surface area contributed by atoms with Crippen molar-refractivity contribution in [3.8, 4) is 5.75 Å². The normalized spacial score (nSPS) is 11.9. The van der Waals surface area contributed by atoms with Gasteiger partial charge in [-0.05, 0) is 69.2 Å². The second kappa shape index (κ2) is 19.1. The molecule has 0 bridgehead atoms. The maximum Gasteiger partial charge on any atom is 0.338 e. The molecular weight excluding hydrogens is 476 g/mol. The number of carbonyl (C=O) groups is 2. The van der Waals surface area contributed by atoms with Crippen LogP contribution in [0.1, 0.15) is 100 Å². The fraction of sp³-hybridized carbons (Fsp3) is 0.515. The topological polar surface area (TPSA) is 61.8 Å². The van der Waals surface area contributed by atoms with Crippen LogP contribution in [0.25, 0.3) is 6.08 Å². The SMILES string of the molecule is CCCCCCCOc1ccccc1/C=C/C(CCCCC(=O)OCC)Cc1ccc(C(=O)OCC)cc1. The quantitative estimate of drug-likeness (QED) is 0.137. The summed E-state index contributed by atoms with van der Waals surface area (Å²) in [6, 6.07) is 15.8. The average molecular weight is 523 g/mol. The summed E-state index contributed by atoms with van der Waals surface area (Å²) in [5.41, 5.74) is 2.81. The third-order valence-electron chi connectivity index (χ3n) is 6.45. The summed E-state index contributed by atoms with van der Waals surface area (Å²) in [4.78, 5) is 23.7. The Kier molecular flexibility index (Phi) is 15.6. The summed E-state index contributed by atoms with van der Waals surface area (Å²) in [6.07, 6.45) is 14.5. The molecule has 208 valence electrons. The highest BCUT2D eigenvalue weighted by Gasteiger charge is 2.11. The van der Waals surface area contributed by atoms with Gasteiger partial charge in [0.1, 0.15) is 5.75 Å². The van der Waals surface area contributed by atoms with Crippen LogP contribution in [-0.4, -0.2) is 31.8 Å². The molecule has 1 unspecified atom stereocenters. The molecule has 0 aliphatic heterocycles. The number of para-hydroxylation sites is 1. The van der Waals surface area contributed by atoms with Crippen LogP contribution < -0.4 is 4.74 Å². The van der Waals surface area contributed by atoms with Crippen molar-refractivity contribution in [2.45, 2.75) is 85.0 Å². The highest BCUT2D eigenvalue weighted by atomic mass is 16.5. The molecule has 2 aromatic carbocycles. The van der Waals surface area contributed by atoms with E-state index in [2.05, 4.69) is 25.1 Å². The molecule has 2 aromatic rings. The number of allylic oxidation sites excluding steroid dienone is 1. The van der Waals surface area contributed by atoms with Crippen LogP contribution in [-0.2, 0) is 20.7 Å². The van der Waals surface area contributed by atoms with Crippen LogP contribution in [0.3, 0.4) is 0 Å². The van der Waals surface area contributed by atoms with Crippen molar-refractivity contribution < 1.29 is 23.8 Å². The average Bonchev–Trinajstić information content (AvgIpc) is 2.92. The molecule has 0 radical (unpaired) electrons. The molecule has 0 amide bonds. The third kappa shape index (κ3) is 12.4. The lowest BCUT2D eigenvalue weighted by atomic mass is 9.92. The summed E-state index contributed by atoms with van der Waals surface area (Å²) in [7, 11) is 0. The van der Waals surface area contributed by atoms with Gasteiger partial charge in [0.15, 0.2) is 0 Å². The second-order valence-electron chi connectivity index (χ2n) is 9.59. The van der Waals surface area contributed by atoms with Crippen molar-refractivity contribution in [3.05, 3.63) is 71.3 Å². The van der Waals surface area contributed by atoms with Crippen LogP contribution in [0.5, 0.6) is 5.75 Å².